The molecular weight excluding hydrogens is 243 g/mol. The van der Waals surface area contributed by atoms with Crippen molar-refractivity contribution in [3.63, 3.8) is 0 Å². The molecule has 106 valence electrons. The molecule has 1 fully saturated rings. The molecule has 1 saturated heterocycles. The first kappa shape index (κ1) is 14.4. The maximum absolute atomic E-state index is 13.1. The molecule has 0 bridgehead atoms. The van der Waals surface area contributed by atoms with Crippen LogP contribution in [0.2, 0.25) is 0 Å². The molecule has 0 aliphatic carbocycles. The first-order chi connectivity index (χ1) is 9.00. The summed E-state index contributed by atoms with van der Waals surface area (Å²) in [7, 11) is 2.08. The predicted octanol–water partition coefficient (Wildman–Crippen LogP) is 2.32. The number of benzene rings is 1. The van der Waals surface area contributed by atoms with Crippen molar-refractivity contribution in [1.82, 2.24) is 4.90 Å². The summed E-state index contributed by atoms with van der Waals surface area (Å²) >= 11 is 0. The molecule has 0 aromatic heterocycles. The molecule has 19 heavy (non-hydrogen) atoms. The van der Waals surface area contributed by atoms with Gasteiger partial charge in [0.2, 0.25) is 0 Å². The molecule has 1 heterocycles. The number of hydrogen-bond acceptors (Lipinski definition) is 3. The number of likely N-dealkylation sites (N-methyl/N-ethyl adjacent to an activating group) is 1. The van der Waals surface area contributed by atoms with Crippen LogP contribution in [0.1, 0.15) is 31.9 Å². The summed E-state index contributed by atoms with van der Waals surface area (Å²) in [5.74, 6) is -0.215. The van der Waals surface area contributed by atoms with Crippen molar-refractivity contribution in [2.45, 2.75) is 44.5 Å². The topological polar surface area (TPSA) is 38.5 Å². The average molecular weight is 266 g/mol. The molecule has 1 aromatic carbocycles. The smallest absolute Gasteiger partial charge is 0.123 e. The normalized spacial score (nSPS) is 26.6. The van der Waals surface area contributed by atoms with Crippen LogP contribution in [0.15, 0.2) is 24.3 Å². The van der Waals surface area contributed by atoms with E-state index < -0.39 is 0 Å². The van der Waals surface area contributed by atoms with Gasteiger partial charge in [0.05, 0.1) is 6.10 Å². The van der Waals surface area contributed by atoms with Gasteiger partial charge in [-0.2, -0.15) is 0 Å². The zero-order chi connectivity index (χ0) is 14.0. The highest BCUT2D eigenvalue weighted by Crippen LogP contribution is 2.29. The Bertz CT molecular complexity index is 407. The van der Waals surface area contributed by atoms with Gasteiger partial charge in [0, 0.05) is 24.7 Å². The molecule has 0 spiro atoms. The number of halogens is 1. The number of ether oxygens (including phenoxy) is 1. The van der Waals surface area contributed by atoms with E-state index in [1.165, 1.54) is 12.1 Å². The summed E-state index contributed by atoms with van der Waals surface area (Å²) in [5, 5.41) is 0. The summed E-state index contributed by atoms with van der Waals surface area (Å²) in [5.41, 5.74) is 7.20. The third-order valence-corrected chi connectivity index (χ3v) is 4.01. The zero-order valence-electron chi connectivity index (χ0n) is 11.8. The third kappa shape index (κ3) is 3.14. The highest BCUT2D eigenvalue weighted by atomic mass is 19.1. The van der Waals surface area contributed by atoms with Crippen LogP contribution in [0.5, 0.6) is 0 Å². The van der Waals surface area contributed by atoms with E-state index in [4.69, 9.17) is 10.5 Å². The van der Waals surface area contributed by atoms with Gasteiger partial charge in [-0.15, -0.1) is 0 Å². The second kappa shape index (κ2) is 5.99. The van der Waals surface area contributed by atoms with Gasteiger partial charge in [-0.1, -0.05) is 12.1 Å². The SMILES string of the molecule is CC(N)C(c1ccc(F)cc1)N(C)C1CCOC1C. The quantitative estimate of drug-likeness (QED) is 0.909. The van der Waals surface area contributed by atoms with Gasteiger partial charge < -0.3 is 10.5 Å². The van der Waals surface area contributed by atoms with Crippen molar-refractivity contribution in [1.29, 1.82) is 0 Å². The van der Waals surface area contributed by atoms with Crippen LogP contribution in [0, 0.1) is 5.82 Å². The van der Waals surface area contributed by atoms with E-state index in [1.54, 1.807) is 0 Å². The van der Waals surface area contributed by atoms with E-state index in [9.17, 15) is 4.39 Å². The van der Waals surface area contributed by atoms with Gasteiger partial charge >= 0.3 is 0 Å². The second-order valence-electron chi connectivity index (χ2n) is 5.45. The highest BCUT2D eigenvalue weighted by Gasteiger charge is 2.33. The van der Waals surface area contributed by atoms with E-state index in [-0.39, 0.29) is 24.0 Å². The van der Waals surface area contributed by atoms with Crippen molar-refractivity contribution in [3.05, 3.63) is 35.6 Å². The Morgan fingerprint density at radius 2 is 2.00 bits per heavy atom. The molecule has 1 aliphatic heterocycles. The molecule has 0 amide bonds. The standard InChI is InChI=1S/C15H23FN2O/c1-10(17)15(12-4-6-13(16)7-5-12)18(3)14-8-9-19-11(14)2/h4-7,10-11,14-15H,8-9,17H2,1-3H3. The largest absolute Gasteiger partial charge is 0.377 e. The third-order valence-electron chi connectivity index (χ3n) is 4.01. The minimum Gasteiger partial charge on any atom is -0.377 e. The summed E-state index contributed by atoms with van der Waals surface area (Å²) in [6.07, 6.45) is 1.23. The van der Waals surface area contributed by atoms with Gasteiger partial charge in [-0.25, -0.2) is 4.39 Å². The lowest BCUT2D eigenvalue weighted by atomic mass is 9.96. The summed E-state index contributed by atoms with van der Waals surface area (Å²) in [4.78, 5) is 2.27. The first-order valence-electron chi connectivity index (χ1n) is 6.85. The van der Waals surface area contributed by atoms with Crippen LogP contribution >= 0.6 is 0 Å². The van der Waals surface area contributed by atoms with Crippen molar-refractivity contribution in [2.24, 2.45) is 5.73 Å². The number of rotatable bonds is 4. The molecule has 4 atom stereocenters. The van der Waals surface area contributed by atoms with Crippen LogP contribution in [0.25, 0.3) is 0 Å². The van der Waals surface area contributed by atoms with Gasteiger partial charge in [0.15, 0.2) is 0 Å². The summed E-state index contributed by atoms with van der Waals surface area (Å²) in [6.45, 7) is 4.88. The molecule has 4 unspecified atom stereocenters. The fraction of sp³-hybridized carbons (Fsp3) is 0.600. The molecule has 3 nitrogen and oxygen atoms in total. The Hall–Kier alpha value is -0.970. The Kier molecular flexibility index (Phi) is 4.55. The lowest BCUT2D eigenvalue weighted by Gasteiger charge is -2.37. The average Bonchev–Trinajstić information content (AvgIpc) is 2.78. The van der Waals surface area contributed by atoms with Gasteiger partial charge in [-0.3, -0.25) is 4.90 Å². The van der Waals surface area contributed by atoms with Gasteiger partial charge in [-0.05, 0) is 45.0 Å². The lowest BCUT2D eigenvalue weighted by Crippen LogP contribution is -2.45. The molecule has 2 N–H and O–H groups in total. The van der Waals surface area contributed by atoms with Gasteiger partial charge in [0.1, 0.15) is 5.82 Å². The second-order valence-corrected chi connectivity index (χ2v) is 5.45. The van der Waals surface area contributed by atoms with Crippen molar-refractivity contribution in [3.8, 4) is 0 Å². The zero-order valence-corrected chi connectivity index (χ0v) is 11.8. The molecule has 2 rings (SSSR count). The van der Waals surface area contributed by atoms with E-state index in [0.717, 1.165) is 18.6 Å². The highest BCUT2D eigenvalue weighted by molar-refractivity contribution is 5.21. The van der Waals surface area contributed by atoms with Crippen LogP contribution < -0.4 is 5.73 Å². The monoisotopic (exact) mass is 266 g/mol. The molecule has 0 saturated carbocycles. The fourth-order valence-electron chi connectivity index (χ4n) is 3.03. The fourth-order valence-corrected chi connectivity index (χ4v) is 3.03. The molecule has 1 aromatic rings. The van der Waals surface area contributed by atoms with Crippen LogP contribution in [0.4, 0.5) is 4.39 Å². The molecule has 0 radical (unpaired) electrons. The summed E-state index contributed by atoms with van der Waals surface area (Å²) < 4.78 is 18.7. The Labute approximate surface area is 114 Å². The Morgan fingerprint density at radius 1 is 1.37 bits per heavy atom. The predicted molar refractivity (Wildman–Crippen MR) is 74.4 cm³/mol. The minimum absolute atomic E-state index is 0.0248. The minimum atomic E-state index is -0.215. The van der Waals surface area contributed by atoms with E-state index in [0.29, 0.717) is 6.04 Å². The summed E-state index contributed by atoms with van der Waals surface area (Å²) in [6, 6.07) is 7.04. The Morgan fingerprint density at radius 3 is 2.47 bits per heavy atom. The molecule has 4 heteroatoms. The maximum atomic E-state index is 13.1. The van der Waals surface area contributed by atoms with Gasteiger partial charge in [0.25, 0.3) is 0 Å². The van der Waals surface area contributed by atoms with E-state index >= 15 is 0 Å². The van der Waals surface area contributed by atoms with Crippen LogP contribution in [-0.4, -0.2) is 36.7 Å². The van der Waals surface area contributed by atoms with Crippen LogP contribution in [0.3, 0.4) is 0 Å². The number of nitrogens with zero attached hydrogens (tertiary/aromatic N) is 1. The maximum Gasteiger partial charge on any atom is 0.123 e. The van der Waals surface area contributed by atoms with Crippen molar-refractivity contribution in [2.75, 3.05) is 13.7 Å². The number of nitrogens with two attached hydrogens (primary N) is 1. The lowest BCUT2D eigenvalue weighted by molar-refractivity contribution is 0.0625. The van der Waals surface area contributed by atoms with Crippen molar-refractivity contribution >= 4 is 0 Å². The molecule has 1 aliphatic rings. The van der Waals surface area contributed by atoms with E-state index in [2.05, 4.69) is 18.9 Å². The Balaban J connectivity index is 2.22. The number of hydrogen-bond donors (Lipinski definition) is 1. The van der Waals surface area contributed by atoms with E-state index in [1.807, 2.05) is 19.1 Å². The molecular formula is C15H23FN2O. The van der Waals surface area contributed by atoms with Crippen LogP contribution in [-0.2, 0) is 4.74 Å². The van der Waals surface area contributed by atoms with Crippen molar-refractivity contribution < 1.29 is 9.13 Å². The first-order valence-corrected chi connectivity index (χ1v) is 6.85.